The summed E-state index contributed by atoms with van der Waals surface area (Å²) in [5.74, 6) is 1.56. The van der Waals surface area contributed by atoms with Crippen molar-refractivity contribution in [3.05, 3.63) is 53.9 Å². The summed E-state index contributed by atoms with van der Waals surface area (Å²) in [6.07, 6.45) is 5.74. The summed E-state index contributed by atoms with van der Waals surface area (Å²) >= 11 is 0. The molecule has 0 spiro atoms. The molecule has 2 fully saturated rings. The van der Waals surface area contributed by atoms with E-state index < -0.39 is 0 Å². The first-order valence-corrected chi connectivity index (χ1v) is 10.3. The molecule has 4 rings (SSSR count). The van der Waals surface area contributed by atoms with Crippen LogP contribution in [0.2, 0.25) is 0 Å². The molecule has 2 saturated heterocycles. The Bertz CT molecular complexity index is 763. The molecule has 0 aliphatic carbocycles. The van der Waals surface area contributed by atoms with Crippen molar-refractivity contribution >= 4 is 11.9 Å². The number of piperidine rings is 1. The Balaban J connectivity index is 1.30. The Hall–Kier alpha value is -2.47. The third kappa shape index (κ3) is 4.50. The molecule has 0 unspecified atom stereocenters. The third-order valence-corrected chi connectivity index (χ3v) is 5.86. The summed E-state index contributed by atoms with van der Waals surface area (Å²) in [4.78, 5) is 28.3. The molecule has 0 atom stereocenters. The lowest BCUT2D eigenvalue weighted by Crippen LogP contribution is -2.48. The number of nitrogens with zero attached hydrogens (tertiary/aromatic N) is 5. The molecule has 0 saturated carbocycles. The Morgan fingerprint density at radius 2 is 1.61 bits per heavy atom. The van der Waals surface area contributed by atoms with E-state index in [1.54, 1.807) is 12.4 Å². The van der Waals surface area contributed by atoms with Gasteiger partial charge in [-0.05, 0) is 24.3 Å². The van der Waals surface area contributed by atoms with Crippen LogP contribution in [-0.4, -0.2) is 64.9 Å². The van der Waals surface area contributed by atoms with E-state index in [2.05, 4.69) is 51.0 Å². The quantitative estimate of drug-likeness (QED) is 0.818. The van der Waals surface area contributed by atoms with Crippen LogP contribution in [0.5, 0.6) is 0 Å². The number of hydrogen-bond donors (Lipinski definition) is 0. The maximum absolute atomic E-state index is 12.8. The maximum Gasteiger partial charge on any atom is 0.257 e. The van der Waals surface area contributed by atoms with Gasteiger partial charge in [-0.15, -0.1) is 0 Å². The van der Waals surface area contributed by atoms with Gasteiger partial charge in [0.2, 0.25) is 5.95 Å². The van der Waals surface area contributed by atoms with Gasteiger partial charge in [0.1, 0.15) is 0 Å². The molecule has 1 aromatic carbocycles. The lowest BCUT2D eigenvalue weighted by molar-refractivity contribution is 0.0627. The van der Waals surface area contributed by atoms with E-state index in [0.717, 1.165) is 57.7 Å². The van der Waals surface area contributed by atoms with Crippen LogP contribution in [0.3, 0.4) is 0 Å². The molecule has 6 nitrogen and oxygen atoms in total. The number of anilines is 1. The van der Waals surface area contributed by atoms with Crippen LogP contribution in [0.25, 0.3) is 0 Å². The summed E-state index contributed by atoms with van der Waals surface area (Å²) in [6.45, 7) is 8.51. The highest BCUT2D eigenvalue weighted by Crippen LogP contribution is 2.20. The third-order valence-electron chi connectivity index (χ3n) is 5.86. The Morgan fingerprint density at radius 3 is 2.25 bits per heavy atom. The monoisotopic (exact) mass is 379 g/mol. The van der Waals surface area contributed by atoms with Crippen LogP contribution in [0, 0.1) is 5.92 Å². The molecule has 28 heavy (non-hydrogen) atoms. The van der Waals surface area contributed by atoms with E-state index >= 15 is 0 Å². The van der Waals surface area contributed by atoms with Crippen LogP contribution in [0.4, 0.5) is 5.95 Å². The lowest BCUT2D eigenvalue weighted by Gasteiger charge is -2.34. The lowest BCUT2D eigenvalue weighted by atomic mass is 10.00. The van der Waals surface area contributed by atoms with E-state index in [0.29, 0.717) is 5.56 Å². The highest BCUT2D eigenvalue weighted by molar-refractivity contribution is 5.93. The van der Waals surface area contributed by atoms with Gasteiger partial charge in [0.15, 0.2) is 0 Å². The number of carbonyl (C=O) groups is 1. The molecule has 2 aliphatic rings. The van der Waals surface area contributed by atoms with Gasteiger partial charge in [-0.2, -0.15) is 0 Å². The first kappa shape index (κ1) is 18.9. The summed E-state index contributed by atoms with van der Waals surface area (Å²) in [6, 6.07) is 10.5. The summed E-state index contributed by atoms with van der Waals surface area (Å²) < 4.78 is 0. The summed E-state index contributed by atoms with van der Waals surface area (Å²) in [7, 11) is 0. The van der Waals surface area contributed by atoms with Crippen LogP contribution in [0.1, 0.15) is 35.7 Å². The van der Waals surface area contributed by atoms with E-state index in [-0.39, 0.29) is 5.91 Å². The number of amides is 1. The van der Waals surface area contributed by atoms with E-state index in [1.807, 2.05) is 11.0 Å². The van der Waals surface area contributed by atoms with Crippen LogP contribution in [-0.2, 0) is 6.54 Å². The van der Waals surface area contributed by atoms with Crippen molar-refractivity contribution in [3.8, 4) is 0 Å². The summed E-state index contributed by atoms with van der Waals surface area (Å²) in [5, 5.41) is 0. The molecule has 0 bridgehead atoms. The minimum atomic E-state index is 0.0400. The smallest absolute Gasteiger partial charge is 0.257 e. The SMILES string of the molecule is CC1CCN(c2ncc(C(=O)N3CCN(Cc4ccccc4)CC3)cn2)CC1. The second-order valence-corrected chi connectivity index (χ2v) is 8.00. The van der Waals surface area contributed by atoms with Crippen molar-refractivity contribution in [2.24, 2.45) is 5.92 Å². The van der Waals surface area contributed by atoms with Gasteiger partial charge in [0.05, 0.1) is 5.56 Å². The van der Waals surface area contributed by atoms with Crippen molar-refractivity contribution < 1.29 is 4.79 Å². The standard InChI is InChI=1S/C22H29N5O/c1-18-7-9-27(10-8-18)22-23-15-20(16-24-22)21(28)26-13-11-25(12-14-26)17-19-5-3-2-4-6-19/h2-6,15-16,18H,7-14,17H2,1H3. The van der Waals surface area contributed by atoms with E-state index in [9.17, 15) is 4.79 Å². The average molecular weight is 380 g/mol. The van der Waals surface area contributed by atoms with Crippen LogP contribution in [0.15, 0.2) is 42.7 Å². The maximum atomic E-state index is 12.8. The molecule has 1 aromatic heterocycles. The average Bonchev–Trinajstić information content (AvgIpc) is 2.75. The molecule has 2 aliphatic heterocycles. The Kier molecular flexibility index (Phi) is 5.86. The Morgan fingerprint density at radius 1 is 0.964 bits per heavy atom. The number of benzene rings is 1. The molecule has 3 heterocycles. The fourth-order valence-corrected chi connectivity index (χ4v) is 3.94. The van der Waals surface area contributed by atoms with Gasteiger partial charge < -0.3 is 9.80 Å². The molecular weight excluding hydrogens is 350 g/mol. The zero-order chi connectivity index (χ0) is 19.3. The van der Waals surface area contributed by atoms with Crippen LogP contribution < -0.4 is 4.90 Å². The van der Waals surface area contributed by atoms with Gasteiger partial charge in [0.25, 0.3) is 5.91 Å². The fraction of sp³-hybridized carbons (Fsp3) is 0.500. The molecule has 1 amide bonds. The van der Waals surface area contributed by atoms with Gasteiger partial charge >= 0.3 is 0 Å². The van der Waals surface area contributed by atoms with Gasteiger partial charge in [-0.25, -0.2) is 9.97 Å². The second-order valence-electron chi connectivity index (χ2n) is 8.00. The van der Waals surface area contributed by atoms with Crippen molar-refractivity contribution in [2.75, 3.05) is 44.2 Å². The predicted octanol–water partition coefficient (Wildman–Crippen LogP) is 2.67. The largest absolute Gasteiger partial charge is 0.341 e. The zero-order valence-corrected chi connectivity index (χ0v) is 16.6. The minimum Gasteiger partial charge on any atom is -0.341 e. The van der Waals surface area contributed by atoms with Gasteiger partial charge in [-0.3, -0.25) is 9.69 Å². The first-order chi connectivity index (χ1) is 13.7. The highest BCUT2D eigenvalue weighted by Gasteiger charge is 2.23. The molecule has 2 aromatic rings. The second kappa shape index (κ2) is 8.69. The van der Waals surface area contributed by atoms with Crippen molar-refractivity contribution in [3.63, 3.8) is 0 Å². The number of rotatable bonds is 4. The molecule has 0 N–H and O–H groups in total. The van der Waals surface area contributed by atoms with E-state index in [4.69, 9.17) is 0 Å². The topological polar surface area (TPSA) is 52.6 Å². The molecule has 0 radical (unpaired) electrons. The fourth-order valence-electron chi connectivity index (χ4n) is 3.94. The predicted molar refractivity (Wildman–Crippen MR) is 110 cm³/mol. The number of piperazine rings is 1. The number of hydrogen-bond acceptors (Lipinski definition) is 5. The zero-order valence-electron chi connectivity index (χ0n) is 16.6. The van der Waals surface area contributed by atoms with Crippen molar-refractivity contribution in [1.82, 2.24) is 19.8 Å². The Labute approximate surface area is 167 Å². The molecule has 148 valence electrons. The highest BCUT2D eigenvalue weighted by atomic mass is 16.2. The van der Waals surface area contributed by atoms with Gasteiger partial charge in [-0.1, -0.05) is 37.3 Å². The first-order valence-electron chi connectivity index (χ1n) is 10.3. The van der Waals surface area contributed by atoms with Gasteiger partial charge in [0, 0.05) is 58.2 Å². The van der Waals surface area contributed by atoms with Crippen LogP contribution >= 0.6 is 0 Å². The summed E-state index contributed by atoms with van der Waals surface area (Å²) in [5.41, 5.74) is 1.91. The number of carbonyl (C=O) groups excluding carboxylic acids is 1. The van der Waals surface area contributed by atoms with Crippen molar-refractivity contribution in [2.45, 2.75) is 26.3 Å². The molecular formula is C22H29N5O. The normalized spacial score (nSPS) is 19.0. The van der Waals surface area contributed by atoms with E-state index in [1.165, 1.54) is 18.4 Å². The minimum absolute atomic E-state index is 0.0400. The molecule has 6 heteroatoms. The number of aromatic nitrogens is 2. The van der Waals surface area contributed by atoms with Crippen molar-refractivity contribution in [1.29, 1.82) is 0 Å².